The molecule has 2 aliphatic rings. The number of aliphatic imine (C=N–C) groups is 1. The molecule has 0 spiro atoms. The van der Waals surface area contributed by atoms with E-state index in [4.69, 9.17) is 0 Å². The first-order valence-corrected chi connectivity index (χ1v) is 11.8. The Balaban J connectivity index is 0.00000306. The Bertz CT molecular complexity index is 895. The molecule has 0 atom stereocenters. The predicted octanol–water partition coefficient (Wildman–Crippen LogP) is 3.76. The first kappa shape index (κ1) is 25.5. The van der Waals surface area contributed by atoms with Crippen molar-refractivity contribution in [2.24, 2.45) is 4.99 Å². The Hall–Kier alpha value is -2.13. The minimum absolute atomic E-state index is 0. The second-order valence-corrected chi connectivity index (χ2v) is 8.84. The number of guanidine groups is 1. The number of hydrogen-bond donors (Lipinski definition) is 2. The van der Waals surface area contributed by atoms with Gasteiger partial charge in [0.2, 0.25) is 5.91 Å². The number of halogens is 1. The minimum atomic E-state index is 0. The number of rotatable bonds is 7. The van der Waals surface area contributed by atoms with Gasteiger partial charge >= 0.3 is 0 Å². The molecule has 2 aromatic carbocycles. The van der Waals surface area contributed by atoms with Gasteiger partial charge in [-0.15, -0.1) is 24.0 Å². The summed E-state index contributed by atoms with van der Waals surface area (Å²) in [6.07, 6.45) is 3.92. The fourth-order valence-electron chi connectivity index (χ4n) is 4.50. The van der Waals surface area contributed by atoms with Gasteiger partial charge in [-0.25, -0.2) is 0 Å². The zero-order valence-corrected chi connectivity index (χ0v) is 21.8. The Labute approximate surface area is 214 Å². The van der Waals surface area contributed by atoms with Crippen molar-refractivity contribution in [2.75, 3.05) is 26.7 Å². The van der Waals surface area contributed by atoms with Crippen LogP contribution in [0.1, 0.15) is 42.4 Å². The molecule has 0 unspecified atom stereocenters. The van der Waals surface area contributed by atoms with Gasteiger partial charge < -0.3 is 15.5 Å². The van der Waals surface area contributed by atoms with Crippen molar-refractivity contribution in [3.63, 3.8) is 0 Å². The highest BCUT2D eigenvalue weighted by atomic mass is 127. The summed E-state index contributed by atoms with van der Waals surface area (Å²) in [4.78, 5) is 20.7. The summed E-state index contributed by atoms with van der Waals surface area (Å²) in [6, 6.07) is 19.7. The summed E-state index contributed by atoms with van der Waals surface area (Å²) in [5.74, 6) is 1.13. The normalized spacial score (nSPS) is 17.7. The third-order valence-electron chi connectivity index (χ3n) is 6.43. The SMILES string of the molecule is CN=C(NCc1ccc(CN2CCCC2=O)cc1)NC1CCN(Cc2ccccc2)CC1.I. The van der Waals surface area contributed by atoms with Gasteiger partial charge in [-0.2, -0.15) is 0 Å². The molecule has 33 heavy (non-hydrogen) atoms. The van der Waals surface area contributed by atoms with Gasteiger partial charge in [0.15, 0.2) is 5.96 Å². The molecule has 0 saturated carbocycles. The van der Waals surface area contributed by atoms with Gasteiger partial charge in [-0.3, -0.25) is 14.7 Å². The average Bonchev–Trinajstić information content (AvgIpc) is 3.23. The third kappa shape index (κ3) is 7.71. The minimum Gasteiger partial charge on any atom is -0.354 e. The molecule has 1 amide bonds. The molecule has 0 aromatic heterocycles. The zero-order chi connectivity index (χ0) is 22.2. The molecular formula is C26H36IN5O. The number of amides is 1. The van der Waals surface area contributed by atoms with Gasteiger partial charge in [0, 0.05) is 58.8 Å². The summed E-state index contributed by atoms with van der Waals surface area (Å²) in [5, 5.41) is 7.04. The summed E-state index contributed by atoms with van der Waals surface area (Å²) in [5.41, 5.74) is 3.78. The second kappa shape index (κ2) is 12.9. The van der Waals surface area contributed by atoms with Crippen molar-refractivity contribution < 1.29 is 4.79 Å². The molecule has 2 aromatic rings. The topological polar surface area (TPSA) is 60.0 Å². The van der Waals surface area contributed by atoms with Crippen molar-refractivity contribution >= 4 is 35.8 Å². The van der Waals surface area contributed by atoms with E-state index in [0.29, 0.717) is 12.5 Å². The zero-order valence-electron chi connectivity index (χ0n) is 19.5. The molecule has 0 radical (unpaired) electrons. The van der Waals surface area contributed by atoms with Gasteiger partial charge in [0.1, 0.15) is 0 Å². The van der Waals surface area contributed by atoms with Crippen LogP contribution in [0.15, 0.2) is 59.6 Å². The van der Waals surface area contributed by atoms with Crippen LogP contribution in [0.2, 0.25) is 0 Å². The molecule has 7 heteroatoms. The van der Waals surface area contributed by atoms with E-state index in [1.165, 1.54) is 16.7 Å². The van der Waals surface area contributed by atoms with E-state index in [1.807, 2.05) is 11.9 Å². The summed E-state index contributed by atoms with van der Waals surface area (Å²) in [7, 11) is 1.83. The van der Waals surface area contributed by atoms with Crippen LogP contribution in [-0.2, 0) is 24.4 Å². The Kier molecular flexibility index (Phi) is 9.99. The molecule has 2 aliphatic heterocycles. The van der Waals surface area contributed by atoms with Gasteiger partial charge in [0.05, 0.1) is 0 Å². The molecule has 2 N–H and O–H groups in total. The summed E-state index contributed by atoms with van der Waals surface area (Å²) in [6.45, 7) is 5.57. The van der Waals surface area contributed by atoms with Crippen LogP contribution in [0.5, 0.6) is 0 Å². The fraction of sp³-hybridized carbons (Fsp3) is 0.462. The lowest BCUT2D eigenvalue weighted by atomic mass is 10.0. The Morgan fingerprint density at radius 1 is 0.939 bits per heavy atom. The monoisotopic (exact) mass is 561 g/mol. The number of carbonyl (C=O) groups is 1. The smallest absolute Gasteiger partial charge is 0.222 e. The number of likely N-dealkylation sites (tertiary alicyclic amines) is 2. The molecule has 2 saturated heterocycles. The Morgan fingerprint density at radius 3 is 2.24 bits per heavy atom. The third-order valence-corrected chi connectivity index (χ3v) is 6.43. The van der Waals surface area contributed by atoms with E-state index < -0.39 is 0 Å². The van der Waals surface area contributed by atoms with Gasteiger partial charge in [-0.05, 0) is 36.0 Å². The highest BCUT2D eigenvalue weighted by molar-refractivity contribution is 14.0. The molecule has 2 fully saturated rings. The molecule has 178 valence electrons. The van der Waals surface area contributed by atoms with Crippen LogP contribution in [-0.4, -0.2) is 54.4 Å². The molecular weight excluding hydrogens is 525 g/mol. The predicted molar refractivity (Wildman–Crippen MR) is 145 cm³/mol. The van der Waals surface area contributed by atoms with Gasteiger partial charge in [-0.1, -0.05) is 54.6 Å². The van der Waals surface area contributed by atoms with Crippen LogP contribution in [0, 0.1) is 0 Å². The van der Waals surface area contributed by atoms with Crippen molar-refractivity contribution in [3.05, 3.63) is 71.3 Å². The van der Waals surface area contributed by atoms with E-state index >= 15 is 0 Å². The summed E-state index contributed by atoms with van der Waals surface area (Å²) >= 11 is 0. The number of benzene rings is 2. The Morgan fingerprint density at radius 2 is 1.61 bits per heavy atom. The van der Waals surface area contributed by atoms with Crippen molar-refractivity contribution in [1.82, 2.24) is 20.4 Å². The second-order valence-electron chi connectivity index (χ2n) is 8.84. The molecule has 4 rings (SSSR count). The summed E-state index contributed by atoms with van der Waals surface area (Å²) < 4.78 is 0. The number of nitrogens with one attached hydrogen (secondary N) is 2. The van der Waals surface area contributed by atoms with E-state index in [9.17, 15) is 4.79 Å². The molecule has 6 nitrogen and oxygen atoms in total. The van der Waals surface area contributed by atoms with Gasteiger partial charge in [0.25, 0.3) is 0 Å². The van der Waals surface area contributed by atoms with E-state index in [2.05, 4.69) is 75.1 Å². The first-order valence-electron chi connectivity index (χ1n) is 11.8. The van der Waals surface area contributed by atoms with E-state index in [-0.39, 0.29) is 29.9 Å². The highest BCUT2D eigenvalue weighted by Gasteiger charge is 2.21. The number of carbonyl (C=O) groups excluding carboxylic acids is 1. The van der Waals surface area contributed by atoms with E-state index in [1.54, 1.807) is 0 Å². The maximum Gasteiger partial charge on any atom is 0.222 e. The van der Waals surface area contributed by atoms with Crippen LogP contribution >= 0.6 is 24.0 Å². The largest absolute Gasteiger partial charge is 0.354 e. The number of piperidine rings is 1. The molecule has 2 heterocycles. The number of nitrogens with zero attached hydrogens (tertiary/aromatic N) is 3. The average molecular weight is 562 g/mol. The standard InChI is InChI=1S/C26H35N5O.HI/c1-27-26(29-24-13-16-30(17-14-24)19-22-6-3-2-4-7-22)28-18-21-9-11-23(12-10-21)20-31-15-5-8-25(31)32;/h2-4,6-7,9-12,24H,5,8,13-20H2,1H3,(H2,27,28,29);1H. The molecule has 0 bridgehead atoms. The lowest BCUT2D eigenvalue weighted by Gasteiger charge is -2.33. The lowest BCUT2D eigenvalue weighted by Crippen LogP contribution is -2.48. The lowest BCUT2D eigenvalue weighted by molar-refractivity contribution is -0.128. The quantitative estimate of drug-likeness (QED) is 0.307. The van der Waals surface area contributed by atoms with Crippen LogP contribution < -0.4 is 10.6 Å². The van der Waals surface area contributed by atoms with Crippen molar-refractivity contribution in [3.8, 4) is 0 Å². The van der Waals surface area contributed by atoms with E-state index in [0.717, 1.165) is 64.5 Å². The molecule has 0 aliphatic carbocycles. The van der Waals surface area contributed by atoms with Crippen LogP contribution in [0.3, 0.4) is 0 Å². The van der Waals surface area contributed by atoms with Crippen LogP contribution in [0.25, 0.3) is 0 Å². The van der Waals surface area contributed by atoms with Crippen molar-refractivity contribution in [1.29, 1.82) is 0 Å². The fourth-order valence-corrected chi connectivity index (χ4v) is 4.50. The van der Waals surface area contributed by atoms with Crippen molar-refractivity contribution in [2.45, 2.75) is 51.4 Å². The highest BCUT2D eigenvalue weighted by Crippen LogP contribution is 2.15. The maximum absolute atomic E-state index is 11.8. The van der Waals surface area contributed by atoms with Crippen LogP contribution in [0.4, 0.5) is 0 Å². The maximum atomic E-state index is 11.8. The number of hydrogen-bond acceptors (Lipinski definition) is 3. The first-order chi connectivity index (χ1) is 15.7.